The van der Waals surface area contributed by atoms with E-state index >= 15 is 0 Å². The molecule has 0 aromatic heterocycles. The number of hydrogen-bond donors (Lipinski definition) is 1. The molecule has 0 radical (unpaired) electrons. The van der Waals surface area contributed by atoms with Gasteiger partial charge in [0.05, 0.1) is 6.07 Å². The Labute approximate surface area is 128 Å². The Balaban J connectivity index is 2.09. The molecule has 1 aliphatic rings. The van der Waals surface area contributed by atoms with Crippen LogP contribution in [0.1, 0.15) is 50.7 Å². The average molecular weight is 286 g/mol. The Morgan fingerprint density at radius 2 is 1.95 bits per heavy atom. The van der Waals surface area contributed by atoms with Crippen LogP contribution >= 0.6 is 0 Å². The fourth-order valence-corrected chi connectivity index (χ4v) is 3.34. The Bertz CT molecular complexity index is 512. The zero-order valence-corrected chi connectivity index (χ0v) is 13.6. The molecule has 3 heteroatoms. The molecule has 0 heterocycles. The molecule has 21 heavy (non-hydrogen) atoms. The summed E-state index contributed by atoms with van der Waals surface area (Å²) in [6.45, 7) is 8.35. The van der Waals surface area contributed by atoms with Gasteiger partial charge in [0.2, 0.25) is 0 Å². The van der Waals surface area contributed by atoms with E-state index in [1.54, 1.807) is 0 Å². The summed E-state index contributed by atoms with van der Waals surface area (Å²) in [6, 6.07) is 9.10. The summed E-state index contributed by atoms with van der Waals surface area (Å²) in [7, 11) is 0. The molecule has 114 valence electrons. The van der Waals surface area contributed by atoms with Gasteiger partial charge in [-0.25, -0.2) is 0 Å². The van der Waals surface area contributed by atoms with Gasteiger partial charge in [0, 0.05) is 12.5 Å². The maximum atomic E-state index is 9.59. The lowest BCUT2D eigenvalue weighted by molar-refractivity contribution is 0.109. The van der Waals surface area contributed by atoms with Crippen molar-refractivity contribution in [3.63, 3.8) is 0 Å². The van der Waals surface area contributed by atoms with E-state index in [0.717, 1.165) is 31.4 Å². The number of hydrogen-bond acceptors (Lipinski definition) is 3. The van der Waals surface area contributed by atoms with Gasteiger partial charge in [0.1, 0.15) is 17.4 Å². The third kappa shape index (κ3) is 4.22. The molecule has 2 rings (SSSR count). The molecular formula is C18H26N2O. The standard InChI is InChI=1S/C18H26N2O/c1-13(2)20-18(12-19)7-5-6-16(11-18)21-17-9-14(3)8-15(4)10-17/h8-10,13,16,20H,5-7,11H2,1-4H3. The van der Waals surface area contributed by atoms with Crippen molar-refractivity contribution < 1.29 is 4.74 Å². The van der Waals surface area contributed by atoms with Gasteiger partial charge in [-0.3, -0.25) is 5.32 Å². The predicted octanol–water partition coefficient (Wildman–Crippen LogP) is 3.89. The number of ether oxygens (including phenoxy) is 1. The molecule has 1 N–H and O–H groups in total. The van der Waals surface area contributed by atoms with Gasteiger partial charge in [-0.15, -0.1) is 0 Å². The predicted molar refractivity (Wildman–Crippen MR) is 85.4 cm³/mol. The molecule has 1 aromatic rings. The van der Waals surface area contributed by atoms with Crippen molar-refractivity contribution in [1.82, 2.24) is 5.32 Å². The Hall–Kier alpha value is -1.53. The van der Waals surface area contributed by atoms with E-state index in [2.05, 4.69) is 57.3 Å². The third-order valence-electron chi connectivity index (χ3n) is 3.98. The van der Waals surface area contributed by atoms with Crippen LogP contribution in [0.25, 0.3) is 0 Å². The summed E-state index contributed by atoms with van der Waals surface area (Å²) in [5, 5.41) is 13.0. The highest BCUT2D eigenvalue weighted by Gasteiger charge is 2.37. The van der Waals surface area contributed by atoms with Crippen molar-refractivity contribution >= 4 is 0 Å². The van der Waals surface area contributed by atoms with Gasteiger partial charge < -0.3 is 4.74 Å². The highest BCUT2D eigenvalue weighted by molar-refractivity contribution is 5.33. The van der Waals surface area contributed by atoms with Crippen LogP contribution < -0.4 is 10.1 Å². The van der Waals surface area contributed by atoms with Gasteiger partial charge >= 0.3 is 0 Å². The SMILES string of the molecule is Cc1cc(C)cc(OC2CCCC(C#N)(NC(C)C)C2)c1. The minimum absolute atomic E-state index is 0.117. The second-order valence-corrected chi connectivity index (χ2v) is 6.65. The van der Waals surface area contributed by atoms with Crippen LogP contribution in [0, 0.1) is 25.2 Å². The normalized spacial score (nSPS) is 25.6. The second-order valence-electron chi connectivity index (χ2n) is 6.65. The summed E-state index contributed by atoms with van der Waals surface area (Å²) in [5.41, 5.74) is 2.00. The minimum atomic E-state index is -0.435. The molecule has 1 aromatic carbocycles. The Kier molecular flexibility index (Phi) is 4.90. The number of nitrogens with zero attached hydrogens (tertiary/aromatic N) is 1. The zero-order chi connectivity index (χ0) is 15.5. The molecule has 0 bridgehead atoms. The molecule has 1 aliphatic carbocycles. The molecule has 0 aliphatic heterocycles. The van der Waals surface area contributed by atoms with Crippen LogP contribution in [0.4, 0.5) is 0 Å². The van der Waals surface area contributed by atoms with E-state index in [9.17, 15) is 5.26 Å². The molecule has 2 atom stereocenters. The van der Waals surface area contributed by atoms with Crippen molar-refractivity contribution in [3.8, 4) is 11.8 Å². The Morgan fingerprint density at radius 3 is 2.52 bits per heavy atom. The molecule has 3 nitrogen and oxygen atoms in total. The lowest BCUT2D eigenvalue weighted by Crippen LogP contribution is -2.52. The van der Waals surface area contributed by atoms with Gasteiger partial charge in [-0.05, 0) is 70.2 Å². The van der Waals surface area contributed by atoms with Crippen LogP contribution in [0.3, 0.4) is 0 Å². The van der Waals surface area contributed by atoms with Gasteiger partial charge in [-0.1, -0.05) is 6.07 Å². The number of nitriles is 1. The number of rotatable bonds is 4. The van der Waals surface area contributed by atoms with Crippen molar-refractivity contribution in [2.24, 2.45) is 0 Å². The third-order valence-corrected chi connectivity index (χ3v) is 3.98. The minimum Gasteiger partial charge on any atom is -0.490 e. The molecule has 2 unspecified atom stereocenters. The molecular weight excluding hydrogens is 260 g/mol. The van der Waals surface area contributed by atoms with E-state index in [1.807, 2.05) is 0 Å². The fraction of sp³-hybridized carbons (Fsp3) is 0.611. The second kappa shape index (κ2) is 6.49. The summed E-state index contributed by atoms with van der Waals surface area (Å²) < 4.78 is 6.16. The van der Waals surface area contributed by atoms with Gasteiger partial charge in [-0.2, -0.15) is 5.26 Å². The van der Waals surface area contributed by atoms with E-state index in [4.69, 9.17) is 4.74 Å². The zero-order valence-electron chi connectivity index (χ0n) is 13.6. The van der Waals surface area contributed by atoms with E-state index < -0.39 is 5.54 Å². The topological polar surface area (TPSA) is 45.0 Å². The summed E-state index contributed by atoms with van der Waals surface area (Å²) in [5.74, 6) is 0.927. The number of benzene rings is 1. The number of nitrogens with one attached hydrogen (secondary N) is 1. The quantitative estimate of drug-likeness (QED) is 0.913. The monoisotopic (exact) mass is 286 g/mol. The van der Waals surface area contributed by atoms with Crippen LogP contribution in [0.2, 0.25) is 0 Å². The summed E-state index contributed by atoms with van der Waals surface area (Å²) >= 11 is 0. The van der Waals surface area contributed by atoms with Crippen LogP contribution in [-0.2, 0) is 0 Å². The first kappa shape index (κ1) is 15.9. The van der Waals surface area contributed by atoms with Gasteiger partial charge in [0.25, 0.3) is 0 Å². The first-order valence-corrected chi connectivity index (χ1v) is 7.86. The summed E-state index contributed by atoms with van der Waals surface area (Å²) in [4.78, 5) is 0. The van der Waals surface area contributed by atoms with Gasteiger partial charge in [0.15, 0.2) is 0 Å². The van der Waals surface area contributed by atoms with Crippen molar-refractivity contribution in [1.29, 1.82) is 5.26 Å². The molecule has 1 fully saturated rings. The van der Waals surface area contributed by atoms with E-state index in [1.165, 1.54) is 11.1 Å². The number of aryl methyl sites for hydroxylation is 2. The van der Waals surface area contributed by atoms with Crippen LogP contribution in [0.5, 0.6) is 5.75 Å². The smallest absolute Gasteiger partial charge is 0.120 e. The van der Waals surface area contributed by atoms with E-state index in [-0.39, 0.29) is 6.10 Å². The largest absolute Gasteiger partial charge is 0.490 e. The van der Waals surface area contributed by atoms with Crippen molar-refractivity contribution in [2.75, 3.05) is 0 Å². The highest BCUT2D eigenvalue weighted by atomic mass is 16.5. The molecule has 0 amide bonds. The average Bonchev–Trinajstić information content (AvgIpc) is 2.37. The first-order chi connectivity index (χ1) is 9.92. The summed E-state index contributed by atoms with van der Waals surface area (Å²) in [6.07, 6.45) is 3.84. The van der Waals surface area contributed by atoms with Crippen LogP contribution in [0.15, 0.2) is 18.2 Å². The first-order valence-electron chi connectivity index (χ1n) is 7.86. The van der Waals surface area contributed by atoms with Crippen molar-refractivity contribution in [2.45, 2.75) is 71.1 Å². The Morgan fingerprint density at radius 1 is 1.29 bits per heavy atom. The molecule has 0 saturated heterocycles. The lowest BCUT2D eigenvalue weighted by atomic mass is 9.80. The van der Waals surface area contributed by atoms with E-state index in [0.29, 0.717) is 6.04 Å². The highest BCUT2D eigenvalue weighted by Crippen LogP contribution is 2.31. The maximum absolute atomic E-state index is 9.59. The fourth-order valence-electron chi connectivity index (χ4n) is 3.34. The lowest BCUT2D eigenvalue weighted by Gasteiger charge is -2.37. The molecule has 1 saturated carbocycles. The maximum Gasteiger partial charge on any atom is 0.120 e. The van der Waals surface area contributed by atoms with Crippen molar-refractivity contribution in [3.05, 3.63) is 29.3 Å². The molecule has 0 spiro atoms. The van der Waals surface area contributed by atoms with Crippen LogP contribution in [-0.4, -0.2) is 17.7 Å².